The Labute approximate surface area is 140 Å². The van der Waals surface area contributed by atoms with Crippen LogP contribution < -0.4 is 15.4 Å². The minimum atomic E-state index is -1.05. The summed E-state index contributed by atoms with van der Waals surface area (Å²) in [5, 5.41) is 11.4. The third kappa shape index (κ3) is 8.00. The van der Waals surface area contributed by atoms with E-state index >= 15 is 0 Å². The molecule has 1 atom stereocenters. The summed E-state index contributed by atoms with van der Waals surface area (Å²) in [6.45, 7) is 2.24. The van der Waals surface area contributed by atoms with Crippen molar-refractivity contribution in [2.24, 2.45) is 0 Å². The van der Waals surface area contributed by atoms with Crippen LogP contribution in [0, 0.1) is 0 Å². The Morgan fingerprint density at radius 3 is 2.13 bits per heavy atom. The number of pyridine rings is 1. The first-order chi connectivity index (χ1) is 11.2. The first-order valence-electron chi connectivity index (χ1n) is 9.13. The number of aromatic nitrogens is 1. The Balaban J connectivity index is 2.18. The molecule has 130 valence electrons. The van der Waals surface area contributed by atoms with Gasteiger partial charge in [-0.1, -0.05) is 70.8 Å². The zero-order chi connectivity index (χ0) is 16.9. The molecule has 4 nitrogen and oxygen atoms in total. The largest absolute Gasteiger partial charge is 0.546 e. The monoisotopic (exact) mass is 320 g/mol. The number of rotatable bonds is 13. The number of anilines is 1. The minimum Gasteiger partial charge on any atom is -0.546 e. The average molecular weight is 320 g/mol. The van der Waals surface area contributed by atoms with Gasteiger partial charge in [0.25, 0.3) is 5.82 Å². The number of nitrogens with two attached hydrogens (primary N) is 1. The normalized spacial score (nSPS) is 12.2. The lowest BCUT2D eigenvalue weighted by Gasteiger charge is -2.17. The summed E-state index contributed by atoms with van der Waals surface area (Å²) in [4.78, 5) is 11.4. The zero-order valence-electron chi connectivity index (χ0n) is 14.5. The highest BCUT2D eigenvalue weighted by molar-refractivity contribution is 5.67. The number of hydrogen-bond acceptors (Lipinski definition) is 3. The maximum atomic E-state index is 11.4. The Morgan fingerprint density at radius 2 is 1.61 bits per heavy atom. The minimum absolute atomic E-state index is 0.466. The number of carbonyl (C=O) groups is 1. The number of nitrogen functional groups attached to an aromatic ring is 1. The number of unbranched alkanes of at least 4 members (excludes halogenated alkanes) is 9. The van der Waals surface area contributed by atoms with Crippen molar-refractivity contribution in [3.8, 4) is 0 Å². The summed E-state index contributed by atoms with van der Waals surface area (Å²) in [7, 11) is 0. The summed E-state index contributed by atoms with van der Waals surface area (Å²) >= 11 is 0. The number of carboxylic acids is 1. The van der Waals surface area contributed by atoms with Crippen LogP contribution in [0.25, 0.3) is 0 Å². The number of hydrogen-bond donors (Lipinski definition) is 1. The first kappa shape index (κ1) is 19.5. The number of nitrogens with zero attached hydrogens (tertiary/aromatic N) is 1. The maximum Gasteiger partial charge on any atom is 0.272 e. The third-order valence-corrected chi connectivity index (χ3v) is 4.36. The van der Waals surface area contributed by atoms with E-state index in [-0.39, 0.29) is 0 Å². The molecule has 0 amide bonds. The molecule has 1 heterocycles. The average Bonchev–Trinajstić information content (AvgIpc) is 2.53. The molecular formula is C19H32N2O2. The topological polar surface area (TPSA) is 70.0 Å². The van der Waals surface area contributed by atoms with Gasteiger partial charge in [0.15, 0.2) is 0 Å². The van der Waals surface area contributed by atoms with Gasteiger partial charge < -0.3 is 9.90 Å². The molecule has 0 aliphatic heterocycles. The second kappa shape index (κ2) is 11.9. The van der Waals surface area contributed by atoms with Gasteiger partial charge in [-0.25, -0.2) is 4.57 Å². The molecule has 1 unspecified atom stereocenters. The van der Waals surface area contributed by atoms with E-state index in [0.29, 0.717) is 12.2 Å². The molecule has 23 heavy (non-hydrogen) atoms. The molecule has 0 saturated heterocycles. The molecule has 0 aromatic carbocycles. The smallest absolute Gasteiger partial charge is 0.272 e. The van der Waals surface area contributed by atoms with Crippen molar-refractivity contribution in [2.45, 2.75) is 83.6 Å². The van der Waals surface area contributed by atoms with E-state index < -0.39 is 12.0 Å². The molecule has 0 spiro atoms. The van der Waals surface area contributed by atoms with Crippen molar-refractivity contribution < 1.29 is 14.5 Å². The summed E-state index contributed by atoms with van der Waals surface area (Å²) < 4.78 is 1.60. The van der Waals surface area contributed by atoms with Crippen LogP contribution in [0.5, 0.6) is 0 Å². The van der Waals surface area contributed by atoms with Gasteiger partial charge in [-0.2, -0.15) is 0 Å². The summed E-state index contributed by atoms with van der Waals surface area (Å²) in [6, 6.07) is 4.66. The van der Waals surface area contributed by atoms with Gasteiger partial charge in [-0.15, -0.1) is 0 Å². The highest BCUT2D eigenvalue weighted by atomic mass is 16.4. The van der Waals surface area contributed by atoms with Gasteiger partial charge in [-0.05, 0) is 18.9 Å². The van der Waals surface area contributed by atoms with Crippen molar-refractivity contribution in [1.29, 1.82) is 0 Å². The second-order valence-electron chi connectivity index (χ2n) is 6.34. The predicted octanol–water partition coefficient (Wildman–Crippen LogP) is 3.16. The molecule has 1 aromatic heterocycles. The van der Waals surface area contributed by atoms with E-state index in [1.165, 1.54) is 51.4 Å². The van der Waals surface area contributed by atoms with Gasteiger partial charge in [0, 0.05) is 6.07 Å². The Morgan fingerprint density at radius 1 is 1.04 bits per heavy atom. The van der Waals surface area contributed by atoms with Crippen molar-refractivity contribution in [3.05, 3.63) is 24.4 Å². The summed E-state index contributed by atoms with van der Waals surface area (Å²) in [6.07, 6.45) is 14.7. The van der Waals surface area contributed by atoms with E-state index in [4.69, 9.17) is 5.73 Å². The van der Waals surface area contributed by atoms with Crippen molar-refractivity contribution in [3.63, 3.8) is 0 Å². The maximum absolute atomic E-state index is 11.4. The molecule has 1 rings (SSSR count). The molecular weight excluding hydrogens is 288 g/mol. The number of carbonyl (C=O) groups excluding carboxylic acids is 1. The van der Waals surface area contributed by atoms with Crippen LogP contribution >= 0.6 is 0 Å². The Bertz CT molecular complexity index is 449. The van der Waals surface area contributed by atoms with Gasteiger partial charge >= 0.3 is 0 Å². The fourth-order valence-corrected chi connectivity index (χ4v) is 2.95. The van der Waals surface area contributed by atoms with E-state index in [1.54, 1.807) is 29.0 Å². The summed E-state index contributed by atoms with van der Waals surface area (Å²) in [5.41, 5.74) is 5.85. The quantitative estimate of drug-likeness (QED) is 0.448. The van der Waals surface area contributed by atoms with Crippen LogP contribution in [0.3, 0.4) is 0 Å². The van der Waals surface area contributed by atoms with Crippen LogP contribution in [-0.2, 0) is 4.79 Å². The van der Waals surface area contributed by atoms with Gasteiger partial charge in [0.05, 0.1) is 12.2 Å². The fraction of sp³-hybridized carbons (Fsp3) is 0.684. The van der Waals surface area contributed by atoms with E-state index in [9.17, 15) is 9.90 Å². The molecule has 0 bridgehead atoms. The molecule has 0 radical (unpaired) electrons. The third-order valence-electron chi connectivity index (χ3n) is 4.36. The lowest BCUT2D eigenvalue weighted by molar-refractivity contribution is -0.703. The molecule has 2 N–H and O–H groups in total. The van der Waals surface area contributed by atoms with Crippen molar-refractivity contribution >= 4 is 11.8 Å². The van der Waals surface area contributed by atoms with Crippen molar-refractivity contribution in [2.75, 3.05) is 5.73 Å². The lowest BCUT2D eigenvalue weighted by atomic mass is 10.0. The molecule has 1 aromatic rings. The predicted molar refractivity (Wildman–Crippen MR) is 91.6 cm³/mol. The van der Waals surface area contributed by atoms with Gasteiger partial charge in [0.2, 0.25) is 0 Å². The fourth-order valence-electron chi connectivity index (χ4n) is 2.95. The molecule has 0 fully saturated rings. The van der Waals surface area contributed by atoms with Crippen LogP contribution in [-0.4, -0.2) is 5.97 Å². The SMILES string of the molecule is CCCCCCCCCCCCC(C(=O)[O-])[n+]1ccccc1N. The van der Waals surface area contributed by atoms with Crippen molar-refractivity contribution in [1.82, 2.24) is 0 Å². The number of aliphatic carboxylic acids is 1. The van der Waals surface area contributed by atoms with Crippen LogP contribution in [0.2, 0.25) is 0 Å². The van der Waals surface area contributed by atoms with Gasteiger partial charge in [-0.3, -0.25) is 5.73 Å². The van der Waals surface area contributed by atoms with Gasteiger partial charge in [0.1, 0.15) is 6.04 Å². The van der Waals surface area contributed by atoms with E-state index in [2.05, 4.69) is 6.92 Å². The van der Waals surface area contributed by atoms with Crippen LogP contribution in [0.15, 0.2) is 24.4 Å². The standard InChI is InChI=1S/C19H32N2O2/c1-2-3-4-5-6-7-8-9-10-11-14-17(19(22)23)21-16-13-12-15-18(21)20/h12-13,15-17,20H,2-11,14H2,1H3,(H,22,23). The highest BCUT2D eigenvalue weighted by Gasteiger charge is 2.18. The Hall–Kier alpha value is -1.58. The van der Waals surface area contributed by atoms with E-state index in [1.807, 2.05) is 0 Å². The second-order valence-corrected chi connectivity index (χ2v) is 6.34. The number of carboxylic acid groups (broad SMARTS) is 1. The molecule has 0 aliphatic rings. The molecule has 0 saturated carbocycles. The zero-order valence-corrected chi connectivity index (χ0v) is 14.5. The van der Waals surface area contributed by atoms with Crippen LogP contribution in [0.1, 0.15) is 83.6 Å². The first-order valence-corrected chi connectivity index (χ1v) is 9.13. The molecule has 0 aliphatic carbocycles. The van der Waals surface area contributed by atoms with Crippen LogP contribution in [0.4, 0.5) is 5.82 Å². The lowest BCUT2D eigenvalue weighted by Crippen LogP contribution is -2.50. The van der Waals surface area contributed by atoms with E-state index in [0.717, 1.165) is 12.8 Å². The molecule has 4 heteroatoms. The summed E-state index contributed by atoms with van der Waals surface area (Å²) in [5.74, 6) is -0.586. The Kier molecular flexibility index (Phi) is 10.1. The highest BCUT2D eigenvalue weighted by Crippen LogP contribution is 2.14.